The van der Waals surface area contributed by atoms with Gasteiger partial charge in [-0.2, -0.15) is 0 Å². The molecule has 2 nitrogen and oxygen atoms in total. The first-order chi connectivity index (χ1) is 14.7. The zero-order valence-corrected chi connectivity index (χ0v) is 23.4. The van der Waals surface area contributed by atoms with E-state index in [1.165, 1.54) is 135 Å². The Morgan fingerprint density at radius 3 is 1.58 bits per heavy atom. The predicted octanol–water partition coefficient (Wildman–Crippen LogP) is 9.09. The second-order valence-corrected chi connectivity index (χ2v) is 10.5. The summed E-state index contributed by atoms with van der Waals surface area (Å²) >= 11 is 0. The molecule has 0 aromatic carbocycles. The van der Waals surface area contributed by atoms with Gasteiger partial charge < -0.3 is 10.0 Å². The maximum Gasteiger partial charge on any atom is 0.0448 e. The van der Waals surface area contributed by atoms with Crippen LogP contribution in [0.25, 0.3) is 0 Å². The molecule has 1 saturated carbocycles. The van der Waals surface area contributed by atoms with Crippen LogP contribution in [-0.2, 0) is 0 Å². The van der Waals surface area contributed by atoms with E-state index >= 15 is 0 Å². The van der Waals surface area contributed by atoms with Crippen LogP contribution in [0.5, 0.6) is 0 Å². The van der Waals surface area contributed by atoms with E-state index in [-0.39, 0.29) is 22.5 Å². The first-order valence-electron chi connectivity index (χ1n) is 14.0. The van der Waals surface area contributed by atoms with Crippen molar-refractivity contribution >= 4 is 17.0 Å². The van der Waals surface area contributed by atoms with Crippen LogP contribution >= 0.6 is 17.0 Å². The van der Waals surface area contributed by atoms with Crippen molar-refractivity contribution in [1.29, 1.82) is 0 Å². The van der Waals surface area contributed by atoms with Crippen LogP contribution in [0.4, 0.5) is 0 Å². The van der Waals surface area contributed by atoms with Gasteiger partial charge in [0.05, 0.1) is 0 Å². The first kappa shape index (κ1) is 31.4. The van der Waals surface area contributed by atoms with E-state index in [9.17, 15) is 5.11 Å². The Hall–Kier alpha value is 0.400. The quantitative estimate of drug-likeness (QED) is 0.167. The molecule has 1 aliphatic carbocycles. The van der Waals surface area contributed by atoms with E-state index in [1.807, 2.05) is 0 Å². The van der Waals surface area contributed by atoms with Gasteiger partial charge in [-0.15, -0.1) is 17.0 Å². The molecule has 0 amide bonds. The summed E-state index contributed by atoms with van der Waals surface area (Å²) in [5.74, 6) is 0.792. The van der Waals surface area contributed by atoms with Crippen molar-refractivity contribution in [3.05, 3.63) is 0 Å². The van der Waals surface area contributed by atoms with E-state index in [1.54, 1.807) is 0 Å². The molecule has 2 atom stereocenters. The lowest BCUT2D eigenvalue weighted by Crippen LogP contribution is -2.52. The summed E-state index contributed by atoms with van der Waals surface area (Å²) < 4.78 is 0. The smallest absolute Gasteiger partial charge is 0.0448 e. The Bertz CT molecular complexity index is 372. The van der Waals surface area contributed by atoms with Crippen LogP contribution in [0.2, 0.25) is 0 Å². The predicted molar refractivity (Wildman–Crippen MR) is 145 cm³/mol. The molecular weight excluding hydrogens is 446 g/mol. The normalized spacial score (nSPS) is 21.4. The average Bonchev–Trinajstić information content (AvgIpc) is 2.74. The summed E-state index contributed by atoms with van der Waals surface area (Å²) in [6, 6.07) is 0. The van der Waals surface area contributed by atoms with Gasteiger partial charge in [0.25, 0.3) is 0 Å². The molecule has 2 unspecified atom stereocenters. The van der Waals surface area contributed by atoms with Crippen LogP contribution in [-0.4, -0.2) is 36.2 Å². The second-order valence-electron chi connectivity index (χ2n) is 10.5. The molecule has 0 bridgehead atoms. The van der Waals surface area contributed by atoms with Crippen molar-refractivity contribution < 1.29 is 5.11 Å². The number of hydrogen-bond acceptors (Lipinski definition) is 2. The van der Waals surface area contributed by atoms with Crippen molar-refractivity contribution in [3.63, 3.8) is 0 Å². The SMILES string of the molecule is Br.CCCCCCCCCCCCCCCCCCC1CCCCC1(CCO)N(C)C. The molecule has 0 saturated heterocycles. The van der Waals surface area contributed by atoms with Crippen molar-refractivity contribution in [2.45, 2.75) is 154 Å². The highest BCUT2D eigenvalue weighted by Gasteiger charge is 2.41. The molecule has 3 heteroatoms. The maximum atomic E-state index is 9.64. The Balaban J connectivity index is 0.00000900. The summed E-state index contributed by atoms with van der Waals surface area (Å²) in [6.07, 6.45) is 30.8. The lowest BCUT2D eigenvalue weighted by atomic mass is 9.68. The number of aliphatic hydroxyl groups is 1. The lowest BCUT2D eigenvalue weighted by Gasteiger charge is -2.49. The topological polar surface area (TPSA) is 23.5 Å². The zero-order valence-electron chi connectivity index (χ0n) is 21.6. The minimum Gasteiger partial charge on any atom is -0.396 e. The summed E-state index contributed by atoms with van der Waals surface area (Å²) in [5.41, 5.74) is 0.266. The average molecular weight is 505 g/mol. The van der Waals surface area contributed by atoms with Gasteiger partial charge in [0, 0.05) is 12.1 Å². The fourth-order valence-electron chi connectivity index (χ4n) is 5.98. The molecule has 0 aromatic rings. The van der Waals surface area contributed by atoms with Gasteiger partial charge >= 0.3 is 0 Å². The van der Waals surface area contributed by atoms with E-state index < -0.39 is 0 Å². The molecule has 1 aliphatic rings. The fourth-order valence-corrected chi connectivity index (χ4v) is 5.98. The van der Waals surface area contributed by atoms with E-state index in [0.717, 1.165) is 12.3 Å². The zero-order chi connectivity index (χ0) is 21.9. The van der Waals surface area contributed by atoms with Gasteiger partial charge in [-0.05, 0) is 45.7 Å². The highest BCUT2D eigenvalue weighted by Crippen LogP contribution is 2.42. The third-order valence-corrected chi connectivity index (χ3v) is 8.01. The molecule has 0 radical (unpaired) electrons. The third kappa shape index (κ3) is 13.6. The second kappa shape index (κ2) is 21.0. The van der Waals surface area contributed by atoms with E-state index in [0.29, 0.717) is 6.61 Å². The van der Waals surface area contributed by atoms with Gasteiger partial charge in [0.15, 0.2) is 0 Å². The lowest BCUT2D eigenvalue weighted by molar-refractivity contribution is 0.00949. The number of rotatable bonds is 20. The van der Waals surface area contributed by atoms with E-state index in [2.05, 4.69) is 25.9 Å². The van der Waals surface area contributed by atoms with Crippen LogP contribution < -0.4 is 0 Å². The van der Waals surface area contributed by atoms with Crippen molar-refractivity contribution in [3.8, 4) is 0 Å². The van der Waals surface area contributed by atoms with Crippen LogP contribution in [0.15, 0.2) is 0 Å². The third-order valence-electron chi connectivity index (χ3n) is 8.01. The maximum absolute atomic E-state index is 9.64. The highest BCUT2D eigenvalue weighted by atomic mass is 79.9. The Morgan fingerprint density at radius 2 is 1.16 bits per heavy atom. The minimum absolute atomic E-state index is 0. The summed E-state index contributed by atoms with van der Waals surface area (Å²) in [5, 5.41) is 9.64. The number of unbranched alkanes of at least 4 members (excludes halogenated alkanes) is 15. The molecule has 31 heavy (non-hydrogen) atoms. The standard InChI is InChI=1S/C28H57NO.BrH/c1-4-5-6-7-8-9-10-11-12-13-14-15-16-17-18-19-22-27-23-20-21-24-28(27,25-26-30)29(2)3;/h27,30H,4-26H2,1-3H3;1H. The van der Waals surface area contributed by atoms with Crippen molar-refractivity contribution in [2.24, 2.45) is 5.92 Å². The molecule has 1 N–H and O–H groups in total. The molecule has 0 spiro atoms. The summed E-state index contributed by atoms with van der Waals surface area (Å²) in [6.45, 7) is 2.64. The Kier molecular flexibility index (Phi) is 21.2. The monoisotopic (exact) mass is 503 g/mol. The molecule has 1 fully saturated rings. The van der Waals surface area contributed by atoms with Gasteiger partial charge in [-0.1, -0.05) is 122 Å². The molecular formula is C28H58BrNO. The number of nitrogens with zero attached hydrogens (tertiary/aromatic N) is 1. The van der Waals surface area contributed by atoms with Gasteiger partial charge in [0.1, 0.15) is 0 Å². The summed E-state index contributed by atoms with van der Waals surface area (Å²) in [4.78, 5) is 2.44. The van der Waals surface area contributed by atoms with Crippen LogP contribution in [0.3, 0.4) is 0 Å². The number of halogens is 1. The first-order valence-corrected chi connectivity index (χ1v) is 14.0. The van der Waals surface area contributed by atoms with Crippen LogP contribution in [0, 0.1) is 5.92 Å². The molecule has 0 aliphatic heterocycles. The number of aliphatic hydroxyl groups excluding tert-OH is 1. The van der Waals surface area contributed by atoms with Gasteiger partial charge in [0.2, 0.25) is 0 Å². The highest BCUT2D eigenvalue weighted by molar-refractivity contribution is 8.93. The number of hydrogen-bond donors (Lipinski definition) is 1. The van der Waals surface area contributed by atoms with Gasteiger partial charge in [-0.25, -0.2) is 0 Å². The fraction of sp³-hybridized carbons (Fsp3) is 1.00. The summed E-state index contributed by atoms with van der Waals surface area (Å²) in [7, 11) is 4.48. The molecule has 0 aromatic heterocycles. The molecule has 0 heterocycles. The van der Waals surface area contributed by atoms with Gasteiger partial charge in [-0.3, -0.25) is 0 Å². The van der Waals surface area contributed by atoms with Crippen molar-refractivity contribution in [2.75, 3.05) is 20.7 Å². The largest absolute Gasteiger partial charge is 0.396 e. The minimum atomic E-state index is 0. The molecule has 188 valence electrons. The van der Waals surface area contributed by atoms with Crippen molar-refractivity contribution in [1.82, 2.24) is 4.90 Å². The van der Waals surface area contributed by atoms with Crippen LogP contribution in [0.1, 0.15) is 148 Å². The molecule has 1 rings (SSSR count). The Morgan fingerprint density at radius 1 is 0.710 bits per heavy atom. The Labute approximate surface area is 207 Å². The van der Waals surface area contributed by atoms with E-state index in [4.69, 9.17) is 0 Å².